The van der Waals surface area contributed by atoms with E-state index in [1.165, 1.54) is 42.1 Å². The van der Waals surface area contributed by atoms with Crippen LogP contribution in [0.3, 0.4) is 0 Å². The van der Waals surface area contributed by atoms with Crippen LogP contribution in [0.2, 0.25) is 0 Å². The van der Waals surface area contributed by atoms with Gasteiger partial charge in [0.1, 0.15) is 11.6 Å². The monoisotopic (exact) mass is 419 g/mol. The first-order chi connectivity index (χ1) is 14.2. The lowest BCUT2D eigenvalue weighted by molar-refractivity contribution is -0.159. The quantitative estimate of drug-likeness (QED) is 0.444. The number of alkyl halides is 3. The van der Waals surface area contributed by atoms with Gasteiger partial charge in [0.2, 0.25) is 5.82 Å². The molecule has 2 aromatic heterocycles. The zero-order valence-corrected chi connectivity index (χ0v) is 15.6. The van der Waals surface area contributed by atoms with Crippen LogP contribution in [-0.2, 0) is 6.18 Å². The molecule has 0 aliphatic heterocycles. The van der Waals surface area contributed by atoms with Crippen molar-refractivity contribution in [2.45, 2.75) is 13.1 Å². The number of nitrogens with zero attached hydrogens (tertiary/aromatic N) is 3. The van der Waals surface area contributed by atoms with Gasteiger partial charge in [0, 0.05) is 17.1 Å². The van der Waals surface area contributed by atoms with Gasteiger partial charge >= 0.3 is 12.1 Å². The number of ether oxygens (including phenoxy) is 1. The summed E-state index contributed by atoms with van der Waals surface area (Å²) in [6.45, 7) is 1.72. The Morgan fingerprint density at radius 2 is 1.93 bits per heavy atom. The maximum atomic E-state index is 14.2. The number of hydrogen-bond donors (Lipinski definition) is 0. The second kappa shape index (κ2) is 6.97. The van der Waals surface area contributed by atoms with Crippen molar-refractivity contribution in [2.24, 2.45) is 0 Å². The number of carbonyl (C=O) groups excluding carboxylic acids is 1. The van der Waals surface area contributed by atoms with Gasteiger partial charge in [-0.1, -0.05) is 5.16 Å². The number of halogens is 4. The number of hydrogen-bond acceptors (Lipinski definition) is 5. The topological polar surface area (TPSA) is 70.2 Å². The Kier molecular flexibility index (Phi) is 4.56. The Morgan fingerprint density at radius 3 is 2.60 bits per heavy atom. The average molecular weight is 419 g/mol. The zero-order valence-electron chi connectivity index (χ0n) is 15.6. The van der Waals surface area contributed by atoms with Crippen LogP contribution in [0.5, 0.6) is 5.75 Å². The Hall–Kier alpha value is -3.69. The fourth-order valence-electron chi connectivity index (χ4n) is 3.08. The minimum atomic E-state index is -4.75. The van der Waals surface area contributed by atoms with E-state index >= 15 is 0 Å². The second-order valence-corrected chi connectivity index (χ2v) is 6.49. The fraction of sp³-hybridized carbons (Fsp3) is 0.150. The maximum absolute atomic E-state index is 14.2. The molecule has 0 aliphatic rings. The standard InChI is InChI=1S/C20H13F4N3O3/c1-10-9-27(18(28)14-8-12(29-2)4-5-15(14)21)16-6-3-11(7-13(10)16)17-25-19(30-26-17)20(22,23)24/h3-9H,1-2H3. The van der Waals surface area contributed by atoms with Gasteiger partial charge in [-0.05, 0) is 48.9 Å². The molecule has 2 heterocycles. The predicted octanol–water partition coefficient (Wildman–Crippen LogP) is 4.85. The summed E-state index contributed by atoms with van der Waals surface area (Å²) in [5, 5.41) is 3.94. The van der Waals surface area contributed by atoms with E-state index in [0.717, 1.165) is 6.07 Å². The average Bonchev–Trinajstić information content (AvgIpc) is 3.33. The van der Waals surface area contributed by atoms with Crippen LogP contribution in [0.1, 0.15) is 21.8 Å². The molecule has 0 atom stereocenters. The highest BCUT2D eigenvalue weighted by atomic mass is 19.4. The molecule has 2 aromatic carbocycles. The number of aryl methyl sites for hydroxylation is 1. The lowest BCUT2D eigenvalue weighted by Crippen LogP contribution is -2.13. The molecule has 0 fully saturated rings. The van der Waals surface area contributed by atoms with E-state index in [9.17, 15) is 22.4 Å². The summed E-state index contributed by atoms with van der Waals surface area (Å²) >= 11 is 0. The van der Waals surface area contributed by atoms with Crippen LogP contribution < -0.4 is 4.74 Å². The van der Waals surface area contributed by atoms with Gasteiger partial charge in [-0.25, -0.2) is 4.39 Å². The molecule has 0 amide bonds. The van der Waals surface area contributed by atoms with E-state index in [1.54, 1.807) is 13.0 Å². The summed E-state index contributed by atoms with van der Waals surface area (Å²) in [4.78, 5) is 16.3. The van der Waals surface area contributed by atoms with Crippen molar-refractivity contribution >= 4 is 16.8 Å². The van der Waals surface area contributed by atoms with Crippen molar-refractivity contribution in [2.75, 3.05) is 7.11 Å². The molecular weight excluding hydrogens is 406 g/mol. The first-order valence-corrected chi connectivity index (χ1v) is 8.60. The number of rotatable bonds is 3. The fourth-order valence-corrected chi connectivity index (χ4v) is 3.08. The summed E-state index contributed by atoms with van der Waals surface area (Å²) in [5.74, 6) is -2.68. The van der Waals surface area contributed by atoms with Gasteiger partial charge in [-0.3, -0.25) is 9.36 Å². The third-order valence-corrected chi connectivity index (χ3v) is 4.55. The van der Waals surface area contributed by atoms with Crippen molar-refractivity contribution in [1.82, 2.24) is 14.7 Å². The summed E-state index contributed by atoms with van der Waals surface area (Å²) in [5.41, 5.74) is 1.21. The van der Waals surface area contributed by atoms with Gasteiger partial charge in [0.15, 0.2) is 0 Å². The Labute approximate surface area is 166 Å². The molecule has 30 heavy (non-hydrogen) atoms. The van der Waals surface area contributed by atoms with Crippen LogP contribution in [0, 0.1) is 12.7 Å². The minimum Gasteiger partial charge on any atom is -0.497 e. The van der Waals surface area contributed by atoms with Crippen LogP contribution >= 0.6 is 0 Å². The minimum absolute atomic E-state index is 0.177. The SMILES string of the molecule is COc1ccc(F)c(C(=O)n2cc(C)c3cc(-c4noc(C(F)(F)F)n4)ccc32)c1. The molecule has 6 nitrogen and oxygen atoms in total. The first kappa shape index (κ1) is 19.6. The van der Waals surface area contributed by atoms with Crippen molar-refractivity contribution in [3.8, 4) is 17.1 Å². The molecule has 0 bridgehead atoms. The number of aromatic nitrogens is 3. The van der Waals surface area contributed by atoms with Gasteiger partial charge in [-0.2, -0.15) is 18.2 Å². The molecule has 0 aliphatic carbocycles. The van der Waals surface area contributed by atoms with Crippen LogP contribution in [0.25, 0.3) is 22.3 Å². The molecule has 0 spiro atoms. The number of methoxy groups -OCH3 is 1. The molecule has 0 unspecified atom stereocenters. The molecular formula is C20H13F4N3O3. The maximum Gasteiger partial charge on any atom is 0.471 e. The third kappa shape index (κ3) is 3.30. The van der Waals surface area contributed by atoms with E-state index in [4.69, 9.17) is 4.74 Å². The molecule has 10 heteroatoms. The number of fused-ring (bicyclic) bond motifs is 1. The Morgan fingerprint density at radius 1 is 1.17 bits per heavy atom. The van der Waals surface area contributed by atoms with E-state index in [-0.39, 0.29) is 17.0 Å². The summed E-state index contributed by atoms with van der Waals surface area (Å²) < 4.78 is 62.9. The van der Waals surface area contributed by atoms with E-state index < -0.39 is 23.8 Å². The highest BCUT2D eigenvalue weighted by Gasteiger charge is 2.38. The van der Waals surface area contributed by atoms with E-state index in [0.29, 0.717) is 22.2 Å². The van der Waals surface area contributed by atoms with Crippen LogP contribution in [0.15, 0.2) is 47.1 Å². The van der Waals surface area contributed by atoms with Gasteiger partial charge in [-0.15, -0.1) is 0 Å². The summed E-state index contributed by atoms with van der Waals surface area (Å²) in [6, 6.07) is 8.36. The highest BCUT2D eigenvalue weighted by Crippen LogP contribution is 2.31. The molecule has 0 saturated heterocycles. The Bertz CT molecular complexity index is 1270. The number of benzene rings is 2. The molecule has 4 rings (SSSR count). The van der Waals surface area contributed by atoms with E-state index in [2.05, 4.69) is 14.7 Å². The first-order valence-electron chi connectivity index (χ1n) is 8.60. The van der Waals surface area contributed by atoms with Crippen LogP contribution in [-0.4, -0.2) is 27.7 Å². The normalized spacial score (nSPS) is 11.8. The smallest absolute Gasteiger partial charge is 0.471 e. The summed E-state index contributed by atoms with van der Waals surface area (Å²) in [6.07, 6.45) is -3.23. The lowest BCUT2D eigenvalue weighted by atomic mass is 10.1. The zero-order chi connectivity index (χ0) is 21.6. The van der Waals surface area contributed by atoms with E-state index in [1.807, 2.05) is 0 Å². The number of carbonyl (C=O) groups is 1. The highest BCUT2D eigenvalue weighted by molar-refractivity contribution is 6.04. The predicted molar refractivity (Wildman–Crippen MR) is 97.6 cm³/mol. The largest absolute Gasteiger partial charge is 0.497 e. The van der Waals surface area contributed by atoms with Gasteiger partial charge < -0.3 is 9.26 Å². The van der Waals surface area contributed by atoms with Crippen molar-refractivity contribution in [1.29, 1.82) is 0 Å². The molecule has 4 aromatic rings. The van der Waals surface area contributed by atoms with Gasteiger partial charge in [0.25, 0.3) is 5.91 Å². The van der Waals surface area contributed by atoms with Gasteiger partial charge in [0.05, 0.1) is 18.2 Å². The summed E-state index contributed by atoms with van der Waals surface area (Å²) in [7, 11) is 1.40. The van der Waals surface area contributed by atoms with Crippen molar-refractivity contribution in [3.63, 3.8) is 0 Å². The van der Waals surface area contributed by atoms with Crippen molar-refractivity contribution in [3.05, 3.63) is 65.4 Å². The third-order valence-electron chi connectivity index (χ3n) is 4.55. The molecule has 154 valence electrons. The van der Waals surface area contributed by atoms with Crippen LogP contribution in [0.4, 0.5) is 17.6 Å². The Balaban J connectivity index is 1.78. The molecule has 0 N–H and O–H groups in total. The second-order valence-electron chi connectivity index (χ2n) is 6.49. The molecule has 0 saturated carbocycles. The lowest BCUT2D eigenvalue weighted by Gasteiger charge is -2.08. The molecule has 0 radical (unpaired) electrons. The van der Waals surface area contributed by atoms with Crippen molar-refractivity contribution < 1.29 is 31.6 Å².